The highest BCUT2D eigenvalue weighted by Crippen LogP contribution is 2.82. The lowest BCUT2D eigenvalue weighted by molar-refractivity contribution is -0.338. The van der Waals surface area contributed by atoms with Crippen LogP contribution in [0.1, 0.15) is 445 Å². The number of hydrogen-bond acceptors (Lipinski definition) is 12. The van der Waals surface area contributed by atoms with E-state index >= 15 is 0 Å². The second-order valence-electron chi connectivity index (χ2n) is 54.8. The van der Waals surface area contributed by atoms with Gasteiger partial charge in [0.05, 0.1) is 38.3 Å². The molecule has 0 amide bonds. The van der Waals surface area contributed by atoms with Crippen LogP contribution in [0.5, 0.6) is 0 Å². The summed E-state index contributed by atoms with van der Waals surface area (Å²) in [5.74, 6) is 33.2. The molecule has 0 N–H and O–H groups in total. The van der Waals surface area contributed by atoms with E-state index in [0.29, 0.717) is 11.8 Å². The maximum Gasteiger partial charge on any atom is 0.313 e. The van der Waals surface area contributed by atoms with E-state index in [0.717, 1.165) is 233 Å². The smallest absolute Gasteiger partial charge is 0.313 e. The first-order valence-corrected chi connectivity index (χ1v) is 53.4. The van der Waals surface area contributed by atoms with Crippen molar-refractivity contribution in [1.29, 1.82) is 0 Å². The van der Waals surface area contributed by atoms with Gasteiger partial charge in [-0.3, -0.25) is 24.0 Å². The van der Waals surface area contributed by atoms with Crippen LogP contribution in [0, 0.1) is 251 Å². The Balaban J connectivity index is 0.000000157. The van der Waals surface area contributed by atoms with Crippen molar-refractivity contribution in [3.63, 3.8) is 0 Å². The lowest BCUT2D eigenvalue weighted by atomic mass is 9.28. The molecule has 0 aliphatic heterocycles. The zero-order chi connectivity index (χ0) is 86.8. The van der Waals surface area contributed by atoms with Crippen LogP contribution >= 0.6 is 0 Å². The summed E-state index contributed by atoms with van der Waals surface area (Å²) in [5.41, 5.74) is -2.14. The Morgan fingerprint density at radius 2 is 0.541 bits per heavy atom. The fourth-order valence-electron chi connectivity index (χ4n) is 40.6. The largest absolute Gasteiger partial charge is 0.459 e. The Kier molecular flexibility index (Phi) is 30.9. The molecule has 35 fully saturated rings. The Hall–Kier alpha value is -2.73. The third kappa shape index (κ3) is 16.4. The minimum absolute atomic E-state index is 0. The van der Waals surface area contributed by atoms with Gasteiger partial charge >= 0.3 is 29.8 Å². The average molecular weight is 1860 g/mol. The van der Waals surface area contributed by atoms with Crippen molar-refractivity contribution in [3.05, 3.63) is 0 Å². The fourth-order valence-corrected chi connectivity index (χ4v) is 40.6. The van der Waals surface area contributed by atoms with Gasteiger partial charge in [-0.2, -0.15) is 0 Å². The van der Waals surface area contributed by atoms with Crippen molar-refractivity contribution in [3.8, 4) is 0 Å². The van der Waals surface area contributed by atoms with Crippen LogP contribution < -0.4 is 0 Å². The van der Waals surface area contributed by atoms with Gasteiger partial charge in [-0.1, -0.05) is 109 Å². The number of carbonyl (C=O) groups is 5. The average Bonchev–Trinajstić information content (AvgIpc) is 0.662. The normalized spacial score (nSPS) is 47.2. The lowest BCUT2D eigenvalue weighted by Crippen LogP contribution is -2.73. The number of ether oxygens (including phenoxy) is 7. The van der Waals surface area contributed by atoms with Crippen molar-refractivity contribution < 1.29 is 57.1 Å². The first kappa shape index (κ1) is 111. The predicted octanol–water partition coefficient (Wildman–Crippen LogP) is 31.5. The molecule has 35 saturated carbocycles. The van der Waals surface area contributed by atoms with Crippen LogP contribution in [0.15, 0.2) is 0 Å². The maximum absolute atomic E-state index is 13.0. The Morgan fingerprint density at radius 3 is 0.902 bits per heavy atom. The molecule has 35 aliphatic carbocycles. The van der Waals surface area contributed by atoms with Gasteiger partial charge < -0.3 is 33.2 Å². The highest BCUT2D eigenvalue weighted by molar-refractivity contribution is 5.78. The van der Waals surface area contributed by atoms with Crippen LogP contribution in [0.2, 0.25) is 0 Å². The molecule has 768 valence electrons. The summed E-state index contributed by atoms with van der Waals surface area (Å²) in [6.45, 7) is 45.7. The zero-order valence-electron chi connectivity index (χ0n) is 81.4. The molecule has 40 bridgehead atoms. The molecule has 15 atom stereocenters. The molecule has 12 heteroatoms. The third-order valence-electron chi connectivity index (χ3n) is 47.5. The molecule has 35 aliphatic rings. The molecule has 0 radical (unpaired) electrons. The van der Waals surface area contributed by atoms with E-state index in [4.69, 9.17) is 33.2 Å². The topological polar surface area (TPSA) is 150 Å². The Morgan fingerprint density at radius 1 is 0.278 bits per heavy atom. The number of rotatable bonds is 21. The van der Waals surface area contributed by atoms with Crippen LogP contribution in [-0.2, 0) is 57.1 Å². The van der Waals surface area contributed by atoms with Crippen LogP contribution in [0.4, 0.5) is 0 Å². The maximum atomic E-state index is 13.0. The van der Waals surface area contributed by atoms with Crippen molar-refractivity contribution in [2.45, 2.75) is 485 Å². The van der Waals surface area contributed by atoms with Crippen molar-refractivity contribution >= 4 is 29.8 Å². The zero-order valence-corrected chi connectivity index (χ0v) is 81.4. The van der Waals surface area contributed by atoms with E-state index < -0.39 is 23.4 Å². The molecule has 0 aromatic carbocycles. The Bertz CT molecular complexity index is 3900. The molecule has 0 spiro atoms. The second kappa shape index (κ2) is 37.2. The SMILES string of the molecule is C.C.C.C.C.C.C.C.C.C.CCC(C)(C)C(=O)OC(C)(C)C12CC3C4CC5CC3C(C1)C(C5)C4C2.CCC(C)(C)C(=O)OC(C)(C)C12CC3CC4C5CC(CC41)CC2C5C3.CCC(C)(C)C(=O)OC(C)OC12CC3C4CC5CC3C(C1)C(C5)C4C2.CCC(C)(C)C(=O)OC(C)OC12CC3CC4C5CC(CC41)CC2C5C3.CCC(C)(C)C(=O)OC1(C)C2CC3C4CC5CC3C1C(C5)C4C2. The quantitative estimate of drug-likeness (QED) is 0.0611. The highest BCUT2D eigenvalue weighted by Gasteiger charge is 2.78. The van der Waals surface area contributed by atoms with Gasteiger partial charge in [0.25, 0.3) is 0 Å². The van der Waals surface area contributed by atoms with Gasteiger partial charge in [0, 0.05) is 16.7 Å². The molecule has 0 aromatic rings. The lowest BCUT2D eigenvalue weighted by Gasteiger charge is -2.77. The molecule has 0 heterocycles. The van der Waals surface area contributed by atoms with E-state index in [9.17, 15) is 24.0 Å². The van der Waals surface area contributed by atoms with Gasteiger partial charge in [-0.05, 0) is 543 Å². The summed E-state index contributed by atoms with van der Waals surface area (Å²) in [5, 5.41) is 0. The van der Waals surface area contributed by atoms with Gasteiger partial charge in [0.2, 0.25) is 12.6 Å². The van der Waals surface area contributed by atoms with E-state index in [2.05, 4.69) is 55.4 Å². The minimum atomic E-state index is -0.420. The van der Waals surface area contributed by atoms with Crippen molar-refractivity contribution in [2.75, 3.05) is 0 Å². The molecule has 0 aromatic heterocycles. The molecule has 133 heavy (non-hydrogen) atoms. The molecule has 15 unspecified atom stereocenters. The van der Waals surface area contributed by atoms with E-state index in [1.54, 1.807) is 0 Å². The Labute approximate surface area is 818 Å². The molecule has 0 saturated heterocycles. The first-order valence-electron chi connectivity index (χ1n) is 53.4. The molecular weight excluding hydrogens is 1650 g/mol. The minimum Gasteiger partial charge on any atom is -0.459 e. The standard InChI is InChI=1S/2C23H36O2.2C22H34O3.C21H32O2.10CH4/c1-6-21(2,3)20(24)25-22(4,5)23-12-14-8-16-15-7-13(10-18(16)23)11-19(23)17(15)9-14;1-6-21(2,3)20(24)25-22(4,5)23-10-17-14-7-13-8-15(17)19(12-23)16(9-13)18(14)11-23;1-5-21(3,4)20(23)24-12(2)25-22-11-14-7-16-15-6-13(9-18(16)22)10-19(22)17(15)8-14;1-5-21(3,4)20(23)24-12(2)25-22-9-17-14-6-13-7-15(17)19(11-22)16(8-13)18(14)10-22;1-5-20(2,3)19(22)23-21(4)12-9-14-13-6-11-7-16(14)18(21)17(8-11)15(13)10-12;;;;;;;;;;/h2*13-19H,6-12H2,1-5H3;2*12-19H,5-11H2,1-4H3;11-18H,5-10H2,1-4H3;10*1H4. The summed E-state index contributed by atoms with van der Waals surface area (Å²) in [6.07, 6.45) is 44.2. The predicted molar refractivity (Wildman–Crippen MR) is 546 cm³/mol. The fraction of sp³-hybridized carbons (Fsp3) is 0.959. The van der Waals surface area contributed by atoms with Crippen LogP contribution in [0.3, 0.4) is 0 Å². The monoisotopic (exact) mass is 1860 g/mol. The second-order valence-corrected chi connectivity index (χ2v) is 54.8. The van der Waals surface area contributed by atoms with Crippen LogP contribution in [-0.4, -0.2) is 70.4 Å². The van der Waals surface area contributed by atoms with Crippen molar-refractivity contribution in [2.24, 2.45) is 251 Å². The van der Waals surface area contributed by atoms with Gasteiger partial charge in [-0.25, -0.2) is 0 Å². The third-order valence-corrected chi connectivity index (χ3v) is 47.5. The summed E-state index contributed by atoms with van der Waals surface area (Å²) >= 11 is 0. The summed E-state index contributed by atoms with van der Waals surface area (Å²) in [7, 11) is 0. The summed E-state index contributed by atoms with van der Waals surface area (Å²) in [4.78, 5) is 63.6. The molecule has 35 rings (SSSR count). The van der Waals surface area contributed by atoms with E-state index in [1.165, 1.54) is 186 Å². The number of hydrogen-bond donors (Lipinski definition) is 0. The van der Waals surface area contributed by atoms with Crippen molar-refractivity contribution in [1.82, 2.24) is 0 Å². The summed E-state index contributed by atoms with van der Waals surface area (Å²) in [6, 6.07) is 0. The molecular formula is C121H212O12. The summed E-state index contributed by atoms with van der Waals surface area (Å²) < 4.78 is 44.0. The van der Waals surface area contributed by atoms with Gasteiger partial charge in [0.15, 0.2) is 0 Å². The van der Waals surface area contributed by atoms with Gasteiger partial charge in [-0.15, -0.1) is 0 Å². The number of carbonyl (C=O) groups excluding carboxylic acids is 5. The van der Waals surface area contributed by atoms with Crippen LogP contribution in [0.25, 0.3) is 0 Å². The van der Waals surface area contributed by atoms with E-state index in [1.807, 2.05) is 96.9 Å². The number of esters is 5. The van der Waals surface area contributed by atoms with Gasteiger partial charge in [0.1, 0.15) is 16.8 Å². The first-order chi connectivity index (χ1) is 57.9. The highest BCUT2D eigenvalue weighted by atomic mass is 16.7. The molecule has 12 nitrogen and oxygen atoms in total. The van der Waals surface area contributed by atoms with E-state index in [-0.39, 0.29) is 159 Å².